The quantitative estimate of drug-likeness (QED) is 0.105. The molecule has 4 aromatic carbocycles. The summed E-state index contributed by atoms with van der Waals surface area (Å²) in [5.41, 5.74) is 13.7. The van der Waals surface area contributed by atoms with E-state index in [-0.39, 0.29) is 12.0 Å². The maximum Gasteiger partial charge on any atom is 0.238 e. The maximum absolute atomic E-state index is 11.2. The number of aliphatic hydroxyl groups is 1. The van der Waals surface area contributed by atoms with Crippen LogP contribution in [0.5, 0.6) is 0 Å². The minimum atomic E-state index is -0.0232. The Labute approximate surface area is 324 Å². The van der Waals surface area contributed by atoms with Crippen molar-refractivity contribution in [2.24, 2.45) is 0 Å². The van der Waals surface area contributed by atoms with Crippen molar-refractivity contribution in [3.8, 4) is 28.7 Å². The summed E-state index contributed by atoms with van der Waals surface area (Å²) in [6.45, 7) is 6.37. The predicted octanol–water partition coefficient (Wildman–Crippen LogP) is 7.56. The largest absolute Gasteiger partial charge is 0.509 e. The minimum absolute atomic E-state index is 0.0165. The highest BCUT2D eigenvalue weighted by Crippen LogP contribution is 2.53. The van der Waals surface area contributed by atoms with Crippen LogP contribution in [0.15, 0.2) is 173 Å². The summed E-state index contributed by atoms with van der Waals surface area (Å²) in [6, 6.07) is 37.7. The Kier molecular flexibility index (Phi) is 8.65. The molecule has 9 heteroatoms. The Morgan fingerprint density at radius 2 is 1.42 bits per heavy atom. The predicted molar refractivity (Wildman–Crippen MR) is 234 cm³/mol. The molecule has 2 atom stereocenters. The molecule has 0 radical (unpaired) electrons. The number of hydrogen-bond acceptors (Lipinski definition) is 5. The van der Waals surface area contributed by atoms with Gasteiger partial charge < -0.3 is 10.0 Å². The van der Waals surface area contributed by atoms with Crippen molar-refractivity contribution in [3.05, 3.63) is 190 Å². The molecule has 0 fully saturated rings. The number of benzene rings is 4. The molecule has 3 aliphatic rings. The third kappa shape index (κ3) is 5.73. The van der Waals surface area contributed by atoms with Gasteiger partial charge in [0.25, 0.3) is 0 Å². The third-order valence-electron chi connectivity index (χ3n) is 11.1. The van der Waals surface area contributed by atoms with Crippen molar-refractivity contribution in [2.75, 3.05) is 4.90 Å². The van der Waals surface area contributed by atoms with Gasteiger partial charge in [-0.15, -0.1) is 6.58 Å². The lowest BCUT2D eigenvalue weighted by Gasteiger charge is -2.36. The number of anilines is 1. The fourth-order valence-electron chi connectivity index (χ4n) is 8.74. The van der Waals surface area contributed by atoms with Gasteiger partial charge in [-0.25, -0.2) is 4.98 Å². The highest BCUT2D eigenvalue weighted by molar-refractivity contribution is 6.31. The average molecular weight is 711 g/mol. The van der Waals surface area contributed by atoms with Crippen LogP contribution in [0, 0.1) is 0 Å². The number of aliphatic hydroxyl groups excluding tert-OH is 1. The van der Waals surface area contributed by atoms with Crippen molar-refractivity contribution in [3.63, 3.8) is 0 Å². The number of nitrogens with zero attached hydrogens (tertiary/aromatic N) is 5. The molecule has 3 heterocycles. The van der Waals surface area contributed by atoms with Gasteiger partial charge in [0.2, 0.25) is 5.95 Å². The molecule has 0 amide bonds. The number of fused-ring (bicyclic) bond motifs is 7. The van der Waals surface area contributed by atoms with Crippen LogP contribution in [0.1, 0.15) is 42.5 Å². The molecule has 6 nitrogen and oxygen atoms in total. The van der Waals surface area contributed by atoms with Gasteiger partial charge in [0, 0.05) is 39.2 Å². The monoisotopic (exact) mass is 711 g/mol. The lowest BCUT2D eigenvalue weighted by atomic mass is 9.73. The Morgan fingerprint density at radius 1 is 0.782 bits per heavy atom. The molecule has 1 aliphatic heterocycles. The van der Waals surface area contributed by atoms with E-state index in [0.717, 1.165) is 68.1 Å². The van der Waals surface area contributed by atoms with Crippen LogP contribution in [-0.4, -0.2) is 54.2 Å². The number of allylic oxidation sites excluding steroid dienone is 8. The van der Waals surface area contributed by atoms with Crippen molar-refractivity contribution in [1.29, 1.82) is 0 Å². The Morgan fingerprint density at radius 3 is 2.09 bits per heavy atom. The lowest BCUT2D eigenvalue weighted by molar-refractivity contribution is 0.425. The van der Waals surface area contributed by atoms with Crippen molar-refractivity contribution in [2.45, 2.75) is 31.7 Å². The molecule has 2 aliphatic carbocycles. The van der Waals surface area contributed by atoms with Gasteiger partial charge in [-0.1, -0.05) is 132 Å². The van der Waals surface area contributed by atoms with Gasteiger partial charge in [0.05, 0.1) is 23.2 Å². The Bertz CT molecular complexity index is 2630. The van der Waals surface area contributed by atoms with Crippen LogP contribution in [-0.2, 0) is 0 Å². The van der Waals surface area contributed by atoms with E-state index in [2.05, 4.69) is 113 Å². The second kappa shape index (κ2) is 13.8. The van der Waals surface area contributed by atoms with Crippen LogP contribution >= 0.6 is 0 Å². The molecule has 264 valence electrons. The average Bonchev–Trinajstić information content (AvgIpc) is 3.74. The second-order valence-electron chi connectivity index (χ2n) is 14.9. The van der Waals surface area contributed by atoms with E-state index in [1.807, 2.05) is 66.9 Å². The van der Waals surface area contributed by atoms with E-state index >= 15 is 0 Å². The Hall–Kier alpha value is -6.34. The maximum atomic E-state index is 11.2. The number of hydrogen-bond donors (Lipinski definition) is 1. The third-order valence-corrected chi connectivity index (χ3v) is 11.1. The summed E-state index contributed by atoms with van der Waals surface area (Å²) in [6.07, 6.45) is 11.0. The summed E-state index contributed by atoms with van der Waals surface area (Å²) in [5, 5.41) is 12.4. The van der Waals surface area contributed by atoms with Crippen LogP contribution in [0.2, 0.25) is 0 Å². The molecule has 55 heavy (non-hydrogen) atoms. The number of para-hydroxylation sites is 2. The lowest BCUT2D eigenvalue weighted by Crippen LogP contribution is -2.35. The van der Waals surface area contributed by atoms with Crippen molar-refractivity contribution in [1.82, 2.24) is 19.5 Å². The van der Waals surface area contributed by atoms with Gasteiger partial charge in [-0.2, -0.15) is 9.97 Å². The van der Waals surface area contributed by atoms with Crippen molar-refractivity contribution < 1.29 is 5.11 Å². The topological polar surface area (TPSA) is 67.1 Å². The smallest absolute Gasteiger partial charge is 0.238 e. The zero-order chi connectivity index (χ0) is 37.8. The first-order valence-corrected chi connectivity index (χ1v) is 19.0. The SMILES string of the molecule is BC(=C)/C(C1=C(N2c3ccccc3C3c4c(c5ccccc5n4-c4nc(-c5ccccc5)nc(-c5ccccc5)n4)C=CC32)CCC=C1)=C(B)\C(O)=C(\B)C. The first-order chi connectivity index (χ1) is 26.8. The van der Waals surface area contributed by atoms with E-state index < -0.39 is 0 Å². The van der Waals surface area contributed by atoms with E-state index in [4.69, 9.17) is 15.0 Å². The molecule has 0 saturated heterocycles. The van der Waals surface area contributed by atoms with Crippen LogP contribution < -0.4 is 4.90 Å². The number of rotatable bonds is 7. The normalized spacial score (nSPS) is 18.1. The molecule has 0 bridgehead atoms. The van der Waals surface area contributed by atoms with Crippen LogP contribution in [0.3, 0.4) is 0 Å². The molecule has 0 saturated carbocycles. The van der Waals surface area contributed by atoms with Crippen LogP contribution in [0.4, 0.5) is 5.69 Å². The van der Waals surface area contributed by atoms with Gasteiger partial charge in [0.15, 0.2) is 11.6 Å². The zero-order valence-corrected chi connectivity index (χ0v) is 31.7. The zero-order valence-electron chi connectivity index (χ0n) is 31.7. The summed E-state index contributed by atoms with van der Waals surface area (Å²) in [4.78, 5) is 18.1. The van der Waals surface area contributed by atoms with Crippen LogP contribution in [0.25, 0.3) is 45.7 Å². The minimum Gasteiger partial charge on any atom is -0.509 e. The van der Waals surface area contributed by atoms with E-state index in [0.29, 0.717) is 23.4 Å². The van der Waals surface area contributed by atoms with E-state index in [1.165, 1.54) is 22.5 Å². The first kappa shape index (κ1) is 34.4. The summed E-state index contributed by atoms with van der Waals surface area (Å²) >= 11 is 0. The van der Waals surface area contributed by atoms with Crippen molar-refractivity contribution >= 4 is 46.2 Å². The fourth-order valence-corrected chi connectivity index (χ4v) is 8.74. The summed E-state index contributed by atoms with van der Waals surface area (Å²) in [7, 11) is 6.00. The van der Waals surface area contributed by atoms with E-state index in [9.17, 15) is 5.11 Å². The molecular weight excluding hydrogens is 671 g/mol. The molecule has 9 rings (SSSR count). The molecule has 2 unspecified atom stereocenters. The van der Waals surface area contributed by atoms with Gasteiger partial charge in [-0.3, -0.25) is 4.57 Å². The summed E-state index contributed by atoms with van der Waals surface area (Å²) in [5.74, 6) is 2.15. The molecule has 1 N–H and O–H groups in total. The molecule has 2 aromatic heterocycles. The standard InChI is InChI=1S/C46H40B3N5O/c1-27(47)39(41(49)43(55)28(2)48)33-20-10-13-23-36(33)53-37-24-14-11-21-34(37)40-38(53)26-25-32-31-19-9-12-22-35(31)54(42(32)40)46-51-44(29-15-5-3-6-16-29)50-45(52-46)30-17-7-4-8-18-30/h3-12,14-22,24-26,38,40,55H,1,13,23,47-49H2,2H3/b41-39-,43-28-. The molecule has 0 spiro atoms. The second-order valence-corrected chi connectivity index (χ2v) is 14.9. The van der Waals surface area contributed by atoms with Gasteiger partial charge in [0.1, 0.15) is 23.5 Å². The highest BCUT2D eigenvalue weighted by Gasteiger charge is 2.45. The summed E-state index contributed by atoms with van der Waals surface area (Å²) < 4.78 is 2.29. The van der Waals surface area contributed by atoms with E-state index in [1.54, 1.807) is 0 Å². The molecule has 6 aromatic rings. The number of aromatic nitrogens is 4. The highest BCUT2D eigenvalue weighted by atomic mass is 16.3. The van der Waals surface area contributed by atoms with Gasteiger partial charge >= 0.3 is 0 Å². The van der Waals surface area contributed by atoms with Gasteiger partial charge in [-0.05, 0) is 54.1 Å². The Balaban J connectivity index is 1.30. The first-order valence-electron chi connectivity index (χ1n) is 19.0. The molecular formula is C46H40B3N5O. The fraction of sp³-hybridized carbons (Fsp3) is 0.109.